The van der Waals surface area contributed by atoms with Crippen LogP contribution in [-0.2, 0) is 4.74 Å². The van der Waals surface area contributed by atoms with E-state index in [1.807, 2.05) is 0 Å². The molecule has 0 spiro atoms. The van der Waals surface area contributed by atoms with Crippen molar-refractivity contribution in [2.75, 3.05) is 20.3 Å². The van der Waals surface area contributed by atoms with E-state index in [4.69, 9.17) is 14.0 Å². The van der Waals surface area contributed by atoms with E-state index in [0.29, 0.717) is 29.6 Å². The minimum atomic E-state index is 0.0842. The molecule has 0 amide bonds. The molecule has 3 rings (SSSR count). The fourth-order valence-corrected chi connectivity index (χ4v) is 2.27. The van der Waals surface area contributed by atoms with Crippen molar-refractivity contribution in [2.45, 2.75) is 18.8 Å². The van der Waals surface area contributed by atoms with E-state index in [-0.39, 0.29) is 11.7 Å². The number of ether oxygens (including phenoxy) is 2. The molecule has 2 heterocycles. The van der Waals surface area contributed by atoms with Gasteiger partial charge in [0.05, 0.1) is 19.3 Å². The van der Waals surface area contributed by atoms with E-state index in [1.54, 1.807) is 25.3 Å². The highest BCUT2D eigenvalue weighted by Crippen LogP contribution is 2.33. The van der Waals surface area contributed by atoms with E-state index < -0.39 is 0 Å². The van der Waals surface area contributed by atoms with Gasteiger partial charge in [-0.05, 0) is 31.0 Å². The van der Waals surface area contributed by atoms with Crippen LogP contribution in [0.4, 0.5) is 0 Å². The predicted molar refractivity (Wildman–Crippen MR) is 70.7 cm³/mol. The second kappa shape index (κ2) is 5.50. The van der Waals surface area contributed by atoms with Gasteiger partial charge in [0.25, 0.3) is 5.89 Å². The molecule has 0 saturated carbocycles. The molecule has 0 bridgehead atoms. The van der Waals surface area contributed by atoms with E-state index in [0.717, 1.165) is 19.4 Å². The van der Waals surface area contributed by atoms with Crippen molar-refractivity contribution in [1.29, 1.82) is 0 Å². The first-order chi connectivity index (χ1) is 9.78. The number of rotatable bonds is 3. The Bertz CT molecular complexity index is 591. The molecule has 1 fully saturated rings. The number of nitrogens with zero attached hydrogens (tertiary/aromatic N) is 2. The van der Waals surface area contributed by atoms with Crippen LogP contribution in [0.1, 0.15) is 24.6 Å². The number of benzene rings is 1. The molecule has 1 aromatic heterocycles. The lowest BCUT2D eigenvalue weighted by Crippen LogP contribution is -2.16. The van der Waals surface area contributed by atoms with Crippen LogP contribution in [0.2, 0.25) is 0 Å². The molecule has 1 unspecified atom stereocenters. The number of hydrogen-bond acceptors (Lipinski definition) is 6. The monoisotopic (exact) mass is 276 g/mol. The summed E-state index contributed by atoms with van der Waals surface area (Å²) in [6.45, 7) is 1.40. The van der Waals surface area contributed by atoms with Crippen molar-refractivity contribution < 1.29 is 19.1 Å². The Morgan fingerprint density at radius 1 is 1.40 bits per heavy atom. The third-order valence-corrected chi connectivity index (χ3v) is 3.40. The Morgan fingerprint density at radius 2 is 2.30 bits per heavy atom. The summed E-state index contributed by atoms with van der Waals surface area (Å²) in [5.41, 5.74) is 0.472. The van der Waals surface area contributed by atoms with Crippen LogP contribution < -0.4 is 4.74 Å². The molecule has 1 aromatic carbocycles. The van der Waals surface area contributed by atoms with Crippen LogP contribution in [0, 0.1) is 0 Å². The summed E-state index contributed by atoms with van der Waals surface area (Å²) in [6.07, 6.45) is 1.99. The number of aromatic hydroxyl groups is 1. The normalized spacial score (nSPS) is 18.9. The van der Waals surface area contributed by atoms with Gasteiger partial charge in [0.2, 0.25) is 0 Å². The molecule has 20 heavy (non-hydrogen) atoms. The van der Waals surface area contributed by atoms with Gasteiger partial charge in [-0.25, -0.2) is 0 Å². The van der Waals surface area contributed by atoms with Gasteiger partial charge in [-0.1, -0.05) is 5.16 Å². The molecule has 2 aromatic rings. The summed E-state index contributed by atoms with van der Waals surface area (Å²) >= 11 is 0. The SMILES string of the molecule is COc1ccc(O)c(-c2nc(C3CCCOC3)no2)c1. The predicted octanol–water partition coefficient (Wildman–Crippen LogP) is 2.34. The second-order valence-electron chi connectivity index (χ2n) is 4.75. The smallest absolute Gasteiger partial charge is 0.261 e. The molecule has 106 valence electrons. The van der Waals surface area contributed by atoms with Gasteiger partial charge in [0.1, 0.15) is 11.5 Å². The van der Waals surface area contributed by atoms with Crippen LogP contribution in [0.15, 0.2) is 22.7 Å². The molecule has 1 aliphatic heterocycles. The highest BCUT2D eigenvalue weighted by Gasteiger charge is 2.23. The molecule has 6 nitrogen and oxygen atoms in total. The number of phenolic OH excluding ortho intramolecular Hbond substituents is 1. The van der Waals surface area contributed by atoms with Gasteiger partial charge in [0, 0.05) is 12.5 Å². The first-order valence-corrected chi connectivity index (χ1v) is 6.56. The first kappa shape index (κ1) is 12.9. The molecular weight excluding hydrogens is 260 g/mol. The van der Waals surface area contributed by atoms with Crippen molar-refractivity contribution in [3.63, 3.8) is 0 Å². The van der Waals surface area contributed by atoms with Crippen molar-refractivity contribution in [1.82, 2.24) is 10.1 Å². The van der Waals surface area contributed by atoms with Crippen LogP contribution in [0.25, 0.3) is 11.5 Å². The fourth-order valence-electron chi connectivity index (χ4n) is 2.27. The number of aromatic nitrogens is 2. The van der Waals surface area contributed by atoms with Crippen LogP contribution in [-0.4, -0.2) is 35.6 Å². The van der Waals surface area contributed by atoms with Crippen molar-refractivity contribution >= 4 is 0 Å². The molecule has 1 saturated heterocycles. The summed E-state index contributed by atoms with van der Waals surface area (Å²) < 4.78 is 15.8. The van der Waals surface area contributed by atoms with Gasteiger partial charge >= 0.3 is 0 Å². The summed E-state index contributed by atoms with van der Waals surface area (Å²) in [4.78, 5) is 4.37. The number of phenols is 1. The summed E-state index contributed by atoms with van der Waals surface area (Å²) in [5, 5.41) is 13.9. The summed E-state index contributed by atoms with van der Waals surface area (Å²) in [5.74, 6) is 1.79. The maximum Gasteiger partial charge on any atom is 0.261 e. The van der Waals surface area contributed by atoms with Gasteiger partial charge in [0.15, 0.2) is 5.82 Å². The van der Waals surface area contributed by atoms with Crippen molar-refractivity contribution in [2.24, 2.45) is 0 Å². The quantitative estimate of drug-likeness (QED) is 0.927. The maximum atomic E-state index is 9.90. The van der Waals surface area contributed by atoms with E-state index in [2.05, 4.69) is 10.1 Å². The Kier molecular flexibility index (Phi) is 3.56. The Labute approximate surface area is 116 Å². The molecule has 1 aliphatic rings. The largest absolute Gasteiger partial charge is 0.507 e. The Hall–Kier alpha value is -2.08. The van der Waals surface area contributed by atoms with Gasteiger partial charge in [-0.2, -0.15) is 4.98 Å². The molecule has 0 radical (unpaired) electrons. The first-order valence-electron chi connectivity index (χ1n) is 6.56. The van der Waals surface area contributed by atoms with Gasteiger partial charge in [-0.3, -0.25) is 0 Å². The zero-order valence-electron chi connectivity index (χ0n) is 11.2. The number of methoxy groups -OCH3 is 1. The highest BCUT2D eigenvalue weighted by atomic mass is 16.5. The van der Waals surface area contributed by atoms with Gasteiger partial charge < -0.3 is 19.1 Å². The zero-order valence-corrected chi connectivity index (χ0v) is 11.2. The molecular formula is C14H16N2O4. The van der Waals surface area contributed by atoms with Crippen LogP contribution in [0.5, 0.6) is 11.5 Å². The lowest BCUT2D eigenvalue weighted by atomic mass is 10.0. The minimum Gasteiger partial charge on any atom is -0.507 e. The van der Waals surface area contributed by atoms with Crippen LogP contribution >= 0.6 is 0 Å². The van der Waals surface area contributed by atoms with Crippen molar-refractivity contribution in [3.05, 3.63) is 24.0 Å². The minimum absolute atomic E-state index is 0.0842. The molecule has 6 heteroatoms. The van der Waals surface area contributed by atoms with Crippen LogP contribution in [0.3, 0.4) is 0 Å². The second-order valence-corrected chi connectivity index (χ2v) is 4.75. The zero-order chi connectivity index (χ0) is 13.9. The van der Waals surface area contributed by atoms with Crippen molar-refractivity contribution in [3.8, 4) is 23.0 Å². The average Bonchev–Trinajstić information content (AvgIpc) is 2.98. The summed E-state index contributed by atoms with van der Waals surface area (Å²) in [6, 6.07) is 4.89. The average molecular weight is 276 g/mol. The van der Waals surface area contributed by atoms with E-state index in [9.17, 15) is 5.11 Å². The Morgan fingerprint density at radius 3 is 3.05 bits per heavy atom. The third kappa shape index (κ3) is 2.46. The Balaban J connectivity index is 1.89. The molecule has 0 aliphatic carbocycles. The standard InChI is InChI=1S/C14H16N2O4/c1-18-10-4-5-12(17)11(7-10)14-15-13(16-20-14)9-3-2-6-19-8-9/h4-5,7,9,17H,2-3,6,8H2,1H3. The van der Waals surface area contributed by atoms with E-state index in [1.165, 1.54) is 0 Å². The van der Waals surface area contributed by atoms with E-state index >= 15 is 0 Å². The number of hydrogen-bond donors (Lipinski definition) is 1. The highest BCUT2D eigenvalue weighted by molar-refractivity contribution is 5.64. The topological polar surface area (TPSA) is 77.6 Å². The van der Waals surface area contributed by atoms with Gasteiger partial charge in [-0.15, -0.1) is 0 Å². The maximum absolute atomic E-state index is 9.90. The lowest BCUT2D eigenvalue weighted by Gasteiger charge is -2.18. The summed E-state index contributed by atoms with van der Waals surface area (Å²) in [7, 11) is 1.56. The molecule has 1 atom stereocenters. The molecule has 1 N–H and O–H groups in total. The third-order valence-electron chi connectivity index (χ3n) is 3.40. The fraction of sp³-hybridized carbons (Fsp3) is 0.429. The lowest BCUT2D eigenvalue weighted by molar-refractivity contribution is 0.0773.